The van der Waals surface area contributed by atoms with Crippen LogP contribution in [-0.4, -0.2) is 29.4 Å². The van der Waals surface area contributed by atoms with E-state index in [0.717, 1.165) is 24.9 Å². The molecular formula is C15H23NO2. The second-order valence-electron chi connectivity index (χ2n) is 5.12. The lowest BCUT2D eigenvalue weighted by Gasteiger charge is -2.27. The maximum Gasteiger partial charge on any atom is 0.0761 e. The lowest BCUT2D eigenvalue weighted by Crippen LogP contribution is -2.29. The molecule has 0 saturated carbocycles. The standard InChI is InChI=1S/C15H23NO2/c1-12(18)13-6-8-15(9-7-13)16-10-2-4-14(16)5-3-11-17/h6-9,12,14,17-18H,2-5,10-11H2,1H3. The Morgan fingerprint density at radius 3 is 2.67 bits per heavy atom. The third-order valence-corrected chi connectivity index (χ3v) is 3.78. The molecule has 1 aliphatic rings. The van der Waals surface area contributed by atoms with Crippen molar-refractivity contribution in [3.8, 4) is 0 Å². The molecule has 1 aromatic carbocycles. The Bertz CT molecular complexity index is 361. The summed E-state index contributed by atoms with van der Waals surface area (Å²) in [5.41, 5.74) is 2.20. The van der Waals surface area contributed by atoms with Crippen molar-refractivity contribution >= 4 is 5.69 Å². The molecule has 2 atom stereocenters. The summed E-state index contributed by atoms with van der Waals surface area (Å²) < 4.78 is 0. The van der Waals surface area contributed by atoms with E-state index in [2.05, 4.69) is 17.0 Å². The number of hydrogen-bond donors (Lipinski definition) is 2. The van der Waals surface area contributed by atoms with Crippen molar-refractivity contribution in [3.63, 3.8) is 0 Å². The molecule has 1 saturated heterocycles. The monoisotopic (exact) mass is 249 g/mol. The first-order valence-electron chi connectivity index (χ1n) is 6.88. The lowest BCUT2D eigenvalue weighted by molar-refractivity contribution is 0.199. The summed E-state index contributed by atoms with van der Waals surface area (Å²) in [4.78, 5) is 2.43. The van der Waals surface area contributed by atoms with E-state index in [1.807, 2.05) is 12.1 Å². The summed E-state index contributed by atoms with van der Waals surface area (Å²) in [6.07, 6.45) is 4.00. The normalized spacial score (nSPS) is 21.3. The Kier molecular flexibility index (Phi) is 4.61. The molecule has 0 amide bonds. The summed E-state index contributed by atoms with van der Waals surface area (Å²) in [5, 5.41) is 18.4. The average molecular weight is 249 g/mol. The zero-order valence-electron chi connectivity index (χ0n) is 11.0. The van der Waals surface area contributed by atoms with Gasteiger partial charge in [0.15, 0.2) is 0 Å². The molecule has 1 heterocycles. The van der Waals surface area contributed by atoms with Crippen LogP contribution in [0.5, 0.6) is 0 Å². The largest absolute Gasteiger partial charge is 0.396 e. The Morgan fingerprint density at radius 1 is 1.33 bits per heavy atom. The predicted molar refractivity (Wildman–Crippen MR) is 73.8 cm³/mol. The minimum Gasteiger partial charge on any atom is -0.396 e. The Balaban J connectivity index is 2.05. The second-order valence-corrected chi connectivity index (χ2v) is 5.12. The van der Waals surface area contributed by atoms with Crippen LogP contribution in [0.4, 0.5) is 5.69 Å². The molecule has 100 valence electrons. The molecule has 3 nitrogen and oxygen atoms in total. The van der Waals surface area contributed by atoms with E-state index in [0.29, 0.717) is 6.04 Å². The maximum atomic E-state index is 9.51. The van der Waals surface area contributed by atoms with E-state index in [9.17, 15) is 5.11 Å². The van der Waals surface area contributed by atoms with E-state index in [4.69, 9.17) is 5.11 Å². The van der Waals surface area contributed by atoms with Crippen molar-refractivity contribution in [3.05, 3.63) is 29.8 Å². The third-order valence-electron chi connectivity index (χ3n) is 3.78. The van der Waals surface area contributed by atoms with Gasteiger partial charge in [-0.15, -0.1) is 0 Å². The van der Waals surface area contributed by atoms with Crippen LogP contribution in [0.25, 0.3) is 0 Å². The summed E-state index contributed by atoms with van der Waals surface area (Å²) in [6.45, 7) is 3.17. The van der Waals surface area contributed by atoms with Gasteiger partial charge in [-0.1, -0.05) is 12.1 Å². The highest BCUT2D eigenvalue weighted by Crippen LogP contribution is 2.28. The van der Waals surface area contributed by atoms with Gasteiger partial charge >= 0.3 is 0 Å². The van der Waals surface area contributed by atoms with Crippen LogP contribution in [0.1, 0.15) is 44.3 Å². The third kappa shape index (κ3) is 3.03. The summed E-state index contributed by atoms with van der Waals surface area (Å²) in [7, 11) is 0. The number of benzene rings is 1. The second kappa shape index (κ2) is 6.21. The van der Waals surface area contributed by atoms with Crippen LogP contribution < -0.4 is 4.90 Å². The molecule has 3 heteroatoms. The number of anilines is 1. The molecule has 0 aromatic heterocycles. The number of aliphatic hydroxyl groups excluding tert-OH is 2. The predicted octanol–water partition coefficient (Wildman–Crippen LogP) is 2.48. The molecule has 1 aliphatic heterocycles. The minimum atomic E-state index is -0.400. The van der Waals surface area contributed by atoms with E-state index in [1.165, 1.54) is 18.5 Å². The molecule has 18 heavy (non-hydrogen) atoms. The fourth-order valence-electron chi connectivity index (χ4n) is 2.75. The molecule has 2 rings (SSSR count). The van der Waals surface area contributed by atoms with Crippen molar-refractivity contribution < 1.29 is 10.2 Å². The van der Waals surface area contributed by atoms with Crippen LogP contribution in [-0.2, 0) is 0 Å². The van der Waals surface area contributed by atoms with Gasteiger partial charge in [0, 0.05) is 24.9 Å². The minimum absolute atomic E-state index is 0.283. The molecule has 2 N–H and O–H groups in total. The zero-order chi connectivity index (χ0) is 13.0. The fourth-order valence-corrected chi connectivity index (χ4v) is 2.75. The van der Waals surface area contributed by atoms with Crippen molar-refractivity contribution in [1.29, 1.82) is 0 Å². The zero-order valence-corrected chi connectivity index (χ0v) is 11.0. The summed E-state index contributed by atoms with van der Waals surface area (Å²) >= 11 is 0. The van der Waals surface area contributed by atoms with Crippen LogP contribution in [0.2, 0.25) is 0 Å². The van der Waals surface area contributed by atoms with Gasteiger partial charge in [-0.2, -0.15) is 0 Å². The van der Waals surface area contributed by atoms with Crippen molar-refractivity contribution in [2.24, 2.45) is 0 Å². The van der Waals surface area contributed by atoms with Crippen molar-refractivity contribution in [1.82, 2.24) is 0 Å². The van der Waals surface area contributed by atoms with Crippen LogP contribution in [0, 0.1) is 0 Å². The quantitative estimate of drug-likeness (QED) is 0.842. The smallest absolute Gasteiger partial charge is 0.0761 e. The average Bonchev–Trinajstić information content (AvgIpc) is 2.84. The Labute approximate surface area is 109 Å². The van der Waals surface area contributed by atoms with Crippen LogP contribution >= 0.6 is 0 Å². The number of nitrogens with zero attached hydrogens (tertiary/aromatic N) is 1. The highest BCUT2D eigenvalue weighted by Gasteiger charge is 2.24. The Hall–Kier alpha value is -1.06. The molecule has 1 fully saturated rings. The summed E-state index contributed by atoms with van der Waals surface area (Å²) in [5.74, 6) is 0. The van der Waals surface area contributed by atoms with E-state index in [-0.39, 0.29) is 6.61 Å². The SMILES string of the molecule is CC(O)c1ccc(N2CCCC2CCCO)cc1. The lowest BCUT2D eigenvalue weighted by atomic mass is 10.1. The number of aliphatic hydroxyl groups is 2. The van der Waals surface area contributed by atoms with Gasteiger partial charge in [-0.05, 0) is 50.3 Å². The molecule has 0 aliphatic carbocycles. The van der Waals surface area contributed by atoms with Crippen molar-refractivity contribution in [2.75, 3.05) is 18.1 Å². The van der Waals surface area contributed by atoms with E-state index < -0.39 is 6.10 Å². The fraction of sp³-hybridized carbons (Fsp3) is 0.600. The maximum absolute atomic E-state index is 9.51. The Morgan fingerprint density at radius 2 is 2.06 bits per heavy atom. The highest BCUT2D eigenvalue weighted by molar-refractivity contribution is 5.49. The first kappa shape index (κ1) is 13.4. The van der Waals surface area contributed by atoms with Crippen LogP contribution in [0.15, 0.2) is 24.3 Å². The summed E-state index contributed by atoms with van der Waals surface area (Å²) in [6, 6.07) is 8.76. The first-order valence-corrected chi connectivity index (χ1v) is 6.88. The van der Waals surface area contributed by atoms with E-state index >= 15 is 0 Å². The molecular weight excluding hydrogens is 226 g/mol. The molecule has 0 spiro atoms. The van der Waals surface area contributed by atoms with Gasteiger partial charge < -0.3 is 15.1 Å². The van der Waals surface area contributed by atoms with Crippen LogP contribution in [0.3, 0.4) is 0 Å². The number of rotatable bonds is 5. The first-order chi connectivity index (χ1) is 8.72. The molecule has 1 aromatic rings. The van der Waals surface area contributed by atoms with Gasteiger partial charge in [0.1, 0.15) is 0 Å². The highest BCUT2D eigenvalue weighted by atomic mass is 16.3. The van der Waals surface area contributed by atoms with Gasteiger partial charge in [-0.25, -0.2) is 0 Å². The molecule has 0 bridgehead atoms. The van der Waals surface area contributed by atoms with E-state index in [1.54, 1.807) is 6.92 Å². The van der Waals surface area contributed by atoms with Crippen molar-refractivity contribution in [2.45, 2.75) is 44.8 Å². The van der Waals surface area contributed by atoms with Gasteiger partial charge in [-0.3, -0.25) is 0 Å². The number of hydrogen-bond acceptors (Lipinski definition) is 3. The molecule has 0 radical (unpaired) electrons. The van der Waals surface area contributed by atoms with Gasteiger partial charge in [0.25, 0.3) is 0 Å². The van der Waals surface area contributed by atoms with Gasteiger partial charge in [0.05, 0.1) is 6.10 Å². The topological polar surface area (TPSA) is 43.7 Å². The molecule has 2 unspecified atom stereocenters. The van der Waals surface area contributed by atoms with Gasteiger partial charge in [0.2, 0.25) is 0 Å².